The molecule has 1 saturated heterocycles. The lowest BCUT2D eigenvalue weighted by molar-refractivity contribution is -0.145. The van der Waals surface area contributed by atoms with Gasteiger partial charge in [0.25, 0.3) is 5.91 Å². The van der Waals surface area contributed by atoms with Crippen molar-refractivity contribution in [2.75, 3.05) is 27.4 Å². The topological polar surface area (TPSA) is 65.1 Å². The monoisotopic (exact) mass is 407 g/mol. The zero-order chi connectivity index (χ0) is 20.0. The Labute approximate surface area is 168 Å². The highest BCUT2D eigenvalue weighted by Crippen LogP contribution is 2.33. The average molecular weight is 408 g/mol. The van der Waals surface area contributed by atoms with E-state index in [1.54, 1.807) is 26.1 Å². The molecular formula is C19H21NO5S2. The Morgan fingerprint density at radius 3 is 2.67 bits per heavy atom. The Morgan fingerprint density at radius 1 is 1.33 bits per heavy atom. The molecule has 1 aliphatic heterocycles. The van der Waals surface area contributed by atoms with E-state index in [9.17, 15) is 9.59 Å². The lowest BCUT2D eigenvalue weighted by atomic mass is 10.1. The number of thioether (sulfide) groups is 1. The number of benzene rings is 1. The van der Waals surface area contributed by atoms with Gasteiger partial charge in [0.05, 0.1) is 18.6 Å². The number of likely N-dealkylation sites (N-methyl/N-ethyl adjacent to an activating group) is 1. The zero-order valence-electron chi connectivity index (χ0n) is 15.6. The number of rotatable bonds is 7. The van der Waals surface area contributed by atoms with Gasteiger partial charge in [0.2, 0.25) is 0 Å². The minimum absolute atomic E-state index is 0.0903. The van der Waals surface area contributed by atoms with Crippen molar-refractivity contribution in [1.82, 2.24) is 4.90 Å². The quantitative estimate of drug-likeness (QED) is 0.390. The lowest BCUT2D eigenvalue weighted by Crippen LogP contribution is -2.22. The molecule has 1 aliphatic rings. The summed E-state index contributed by atoms with van der Waals surface area (Å²) in [6.45, 7) is 3.73. The number of ether oxygens (including phenoxy) is 3. The minimum Gasteiger partial charge on any atom is -0.493 e. The molecule has 0 unspecified atom stereocenters. The first-order valence-corrected chi connectivity index (χ1v) is 9.45. The van der Waals surface area contributed by atoms with Gasteiger partial charge in [0.1, 0.15) is 4.32 Å². The van der Waals surface area contributed by atoms with Gasteiger partial charge in [0, 0.05) is 7.05 Å². The molecule has 8 heteroatoms. The van der Waals surface area contributed by atoms with Crippen molar-refractivity contribution in [3.8, 4) is 11.5 Å². The van der Waals surface area contributed by atoms with Gasteiger partial charge in [-0.2, -0.15) is 0 Å². The third-order valence-corrected chi connectivity index (χ3v) is 5.36. The third-order valence-electron chi connectivity index (χ3n) is 3.68. The smallest absolute Gasteiger partial charge is 0.344 e. The molecule has 0 saturated carbocycles. The molecule has 0 aromatic heterocycles. The number of hydrogen-bond acceptors (Lipinski definition) is 7. The molecule has 27 heavy (non-hydrogen) atoms. The number of carbonyl (C=O) groups excluding carboxylic acids is 2. The number of hydrogen-bond donors (Lipinski definition) is 0. The minimum atomic E-state index is -0.438. The summed E-state index contributed by atoms with van der Waals surface area (Å²) >= 11 is 6.44. The second-order valence-electron chi connectivity index (χ2n) is 5.58. The largest absolute Gasteiger partial charge is 0.493 e. The summed E-state index contributed by atoms with van der Waals surface area (Å²) in [6, 6.07) is 5.34. The lowest BCUT2D eigenvalue weighted by Gasteiger charge is -2.11. The first kappa shape index (κ1) is 21.0. The summed E-state index contributed by atoms with van der Waals surface area (Å²) in [5, 5.41) is 0. The van der Waals surface area contributed by atoms with E-state index in [2.05, 4.69) is 0 Å². The summed E-state index contributed by atoms with van der Waals surface area (Å²) in [4.78, 5) is 25.6. The van der Waals surface area contributed by atoms with Crippen molar-refractivity contribution in [2.24, 2.45) is 0 Å². The molecule has 6 nitrogen and oxygen atoms in total. The number of allylic oxidation sites excluding steroid dienone is 2. The molecule has 1 aromatic rings. The Hall–Kier alpha value is -2.32. The van der Waals surface area contributed by atoms with Gasteiger partial charge in [-0.1, -0.05) is 42.2 Å². The SMILES string of the molecule is CCOC(=O)COc1ccc(C=CC(C)=C2SC(=S)N(C)C2=O)cc1OC. The van der Waals surface area contributed by atoms with Crippen molar-refractivity contribution in [3.63, 3.8) is 0 Å². The molecule has 1 amide bonds. The predicted molar refractivity (Wildman–Crippen MR) is 110 cm³/mol. The fourth-order valence-corrected chi connectivity index (χ4v) is 3.41. The summed E-state index contributed by atoms with van der Waals surface area (Å²) < 4.78 is 16.1. The fraction of sp³-hybridized carbons (Fsp3) is 0.316. The van der Waals surface area contributed by atoms with Crippen LogP contribution in [0.25, 0.3) is 6.08 Å². The van der Waals surface area contributed by atoms with Crippen LogP contribution in [0.4, 0.5) is 0 Å². The van der Waals surface area contributed by atoms with Crippen LogP contribution in [0.2, 0.25) is 0 Å². The van der Waals surface area contributed by atoms with E-state index in [-0.39, 0.29) is 12.5 Å². The van der Waals surface area contributed by atoms with Crippen LogP contribution >= 0.6 is 24.0 Å². The van der Waals surface area contributed by atoms with Crippen LogP contribution in [0.3, 0.4) is 0 Å². The van der Waals surface area contributed by atoms with E-state index in [1.165, 1.54) is 23.8 Å². The maximum atomic E-state index is 12.1. The maximum Gasteiger partial charge on any atom is 0.344 e. The van der Waals surface area contributed by atoms with Gasteiger partial charge in [-0.05, 0) is 37.1 Å². The van der Waals surface area contributed by atoms with Crippen LogP contribution in [0.15, 0.2) is 34.8 Å². The Kier molecular flexibility index (Phi) is 7.44. The van der Waals surface area contributed by atoms with Crippen molar-refractivity contribution in [3.05, 3.63) is 40.3 Å². The third kappa shape index (κ3) is 5.33. The highest BCUT2D eigenvalue weighted by atomic mass is 32.2. The molecule has 0 bridgehead atoms. The maximum absolute atomic E-state index is 12.1. The molecule has 2 rings (SSSR count). The highest BCUT2D eigenvalue weighted by Gasteiger charge is 2.29. The summed E-state index contributed by atoms with van der Waals surface area (Å²) in [7, 11) is 3.19. The van der Waals surface area contributed by atoms with Gasteiger partial charge in [0.15, 0.2) is 18.1 Å². The number of amides is 1. The van der Waals surface area contributed by atoms with Gasteiger partial charge < -0.3 is 14.2 Å². The standard InChI is InChI=1S/C19H21NO5S2/c1-5-24-16(21)11-25-14-9-8-13(10-15(14)23-4)7-6-12(2)17-18(22)20(3)19(26)27-17/h6-10H,5,11H2,1-4H3. The van der Waals surface area contributed by atoms with Crippen LogP contribution in [0.5, 0.6) is 11.5 Å². The predicted octanol–water partition coefficient (Wildman–Crippen LogP) is 3.41. The highest BCUT2D eigenvalue weighted by molar-refractivity contribution is 8.26. The van der Waals surface area contributed by atoms with Gasteiger partial charge >= 0.3 is 5.97 Å². The molecule has 0 radical (unpaired) electrons. The first-order valence-electron chi connectivity index (χ1n) is 8.22. The molecule has 1 aromatic carbocycles. The molecule has 0 spiro atoms. The van der Waals surface area contributed by atoms with E-state index in [4.69, 9.17) is 26.4 Å². The van der Waals surface area contributed by atoms with Crippen LogP contribution in [0.1, 0.15) is 19.4 Å². The Balaban J connectivity index is 2.13. The average Bonchev–Trinajstić information content (AvgIpc) is 2.92. The molecule has 0 atom stereocenters. The van der Waals surface area contributed by atoms with Crippen LogP contribution in [0, 0.1) is 0 Å². The summed E-state index contributed by atoms with van der Waals surface area (Å²) in [5.41, 5.74) is 1.69. The van der Waals surface area contributed by atoms with Crippen LogP contribution < -0.4 is 9.47 Å². The normalized spacial score (nSPS) is 16.1. The van der Waals surface area contributed by atoms with Gasteiger partial charge in [-0.15, -0.1) is 0 Å². The number of esters is 1. The zero-order valence-corrected chi connectivity index (χ0v) is 17.2. The second-order valence-corrected chi connectivity index (χ2v) is 7.23. The van der Waals surface area contributed by atoms with E-state index < -0.39 is 5.97 Å². The Bertz CT molecular complexity index is 816. The number of carbonyl (C=O) groups is 2. The molecule has 0 aliphatic carbocycles. The van der Waals surface area contributed by atoms with Crippen molar-refractivity contribution >= 4 is 46.3 Å². The van der Waals surface area contributed by atoms with Crippen LogP contribution in [-0.4, -0.2) is 48.5 Å². The van der Waals surface area contributed by atoms with E-state index in [0.29, 0.717) is 27.3 Å². The molecule has 144 valence electrons. The number of thiocarbonyl (C=S) groups is 1. The van der Waals surface area contributed by atoms with E-state index in [0.717, 1.165) is 11.1 Å². The molecule has 1 heterocycles. The van der Waals surface area contributed by atoms with Crippen molar-refractivity contribution in [1.29, 1.82) is 0 Å². The Morgan fingerprint density at radius 2 is 2.07 bits per heavy atom. The van der Waals surface area contributed by atoms with E-state index >= 15 is 0 Å². The van der Waals surface area contributed by atoms with Gasteiger partial charge in [-0.25, -0.2) is 4.79 Å². The van der Waals surface area contributed by atoms with Crippen molar-refractivity contribution < 1.29 is 23.8 Å². The number of nitrogens with zero attached hydrogens (tertiary/aromatic N) is 1. The van der Waals surface area contributed by atoms with E-state index in [1.807, 2.05) is 25.1 Å². The van der Waals surface area contributed by atoms with Crippen LogP contribution in [-0.2, 0) is 14.3 Å². The summed E-state index contributed by atoms with van der Waals surface area (Å²) in [6.07, 6.45) is 3.73. The molecule has 0 N–H and O–H groups in total. The first-order chi connectivity index (χ1) is 12.9. The fourth-order valence-electron chi connectivity index (χ4n) is 2.23. The van der Waals surface area contributed by atoms with Crippen molar-refractivity contribution in [2.45, 2.75) is 13.8 Å². The summed E-state index contributed by atoms with van der Waals surface area (Å²) in [5.74, 6) is 0.421. The molecule has 1 fully saturated rings. The molecular weight excluding hydrogens is 386 g/mol. The number of methoxy groups -OCH3 is 1. The second kappa shape index (κ2) is 9.57. The van der Waals surface area contributed by atoms with Gasteiger partial charge in [-0.3, -0.25) is 9.69 Å².